The lowest BCUT2D eigenvalue weighted by Crippen LogP contribution is -1.94. The monoisotopic (exact) mass is 219 g/mol. The van der Waals surface area contributed by atoms with Crippen molar-refractivity contribution in [3.63, 3.8) is 0 Å². The summed E-state index contributed by atoms with van der Waals surface area (Å²) in [5.74, 6) is 0. The minimum Gasteiger partial charge on any atom is -0.267 e. The first kappa shape index (κ1) is 8.92. The first-order chi connectivity index (χ1) is 7.34. The van der Waals surface area contributed by atoms with Crippen LogP contribution in [0.2, 0.25) is 0 Å². The van der Waals surface area contributed by atoms with Crippen LogP contribution >= 0.6 is 11.6 Å². The molecular weight excluding hydrogens is 210 g/mol. The molecule has 0 aromatic carbocycles. The number of aryl methyl sites for hydroxylation is 1. The summed E-state index contributed by atoms with van der Waals surface area (Å²) in [5.41, 5.74) is 2.93. The van der Waals surface area contributed by atoms with Crippen LogP contribution in [0.15, 0.2) is 30.5 Å². The molecule has 0 amide bonds. The number of nitrogens with zero attached hydrogens (tertiary/aromatic N) is 3. The minimum atomic E-state index is 0.106. The molecule has 2 aromatic heterocycles. The van der Waals surface area contributed by atoms with E-state index in [0.29, 0.717) is 0 Å². The topological polar surface area (TPSA) is 30.7 Å². The molecule has 0 saturated heterocycles. The van der Waals surface area contributed by atoms with E-state index in [1.807, 2.05) is 28.9 Å². The van der Waals surface area contributed by atoms with Crippen LogP contribution in [0.1, 0.15) is 17.5 Å². The number of aromatic nitrogens is 3. The molecule has 3 rings (SSSR count). The van der Waals surface area contributed by atoms with Crippen LogP contribution in [0.3, 0.4) is 0 Å². The van der Waals surface area contributed by atoms with Crippen LogP contribution in [0.5, 0.6) is 0 Å². The number of alkyl halides is 1. The normalized spacial score (nSPS) is 19.1. The van der Waals surface area contributed by atoms with Crippen molar-refractivity contribution in [2.75, 3.05) is 0 Å². The van der Waals surface area contributed by atoms with Crippen molar-refractivity contribution >= 4 is 11.6 Å². The molecule has 2 aromatic rings. The van der Waals surface area contributed by atoms with Gasteiger partial charge in [0.15, 0.2) is 0 Å². The average Bonchev–Trinajstić information content (AvgIpc) is 2.83. The van der Waals surface area contributed by atoms with E-state index in [0.717, 1.165) is 30.0 Å². The van der Waals surface area contributed by atoms with Gasteiger partial charge in [0.25, 0.3) is 0 Å². The molecule has 0 radical (unpaired) electrons. The Balaban J connectivity index is 2.05. The first-order valence-corrected chi connectivity index (χ1v) is 5.41. The molecule has 3 heterocycles. The van der Waals surface area contributed by atoms with E-state index in [2.05, 4.69) is 10.1 Å². The zero-order valence-electron chi connectivity index (χ0n) is 8.10. The first-order valence-electron chi connectivity index (χ1n) is 4.98. The third-order valence-electron chi connectivity index (χ3n) is 2.65. The van der Waals surface area contributed by atoms with Crippen molar-refractivity contribution in [2.45, 2.75) is 18.3 Å². The third kappa shape index (κ3) is 1.43. The fourth-order valence-electron chi connectivity index (χ4n) is 1.89. The van der Waals surface area contributed by atoms with Gasteiger partial charge in [-0.15, -0.1) is 11.6 Å². The van der Waals surface area contributed by atoms with Crippen LogP contribution in [-0.4, -0.2) is 14.8 Å². The molecule has 0 spiro atoms. The standard InChI is InChI=1S/C11H10ClN3/c12-8-4-6-15-11(8)7-10(14-15)9-3-1-2-5-13-9/h1-3,5,7-8H,4,6H2. The zero-order valence-corrected chi connectivity index (χ0v) is 8.85. The van der Waals surface area contributed by atoms with Gasteiger partial charge in [0.1, 0.15) is 5.69 Å². The highest BCUT2D eigenvalue weighted by Crippen LogP contribution is 2.33. The van der Waals surface area contributed by atoms with Crippen molar-refractivity contribution in [1.82, 2.24) is 14.8 Å². The summed E-state index contributed by atoms with van der Waals surface area (Å²) < 4.78 is 1.97. The molecule has 1 aliphatic heterocycles. The van der Waals surface area contributed by atoms with E-state index in [1.165, 1.54) is 0 Å². The maximum absolute atomic E-state index is 6.16. The van der Waals surface area contributed by atoms with Gasteiger partial charge in [-0.05, 0) is 24.6 Å². The predicted molar refractivity (Wildman–Crippen MR) is 58.7 cm³/mol. The second kappa shape index (κ2) is 3.35. The highest BCUT2D eigenvalue weighted by molar-refractivity contribution is 6.20. The Hall–Kier alpha value is -1.35. The van der Waals surface area contributed by atoms with E-state index in [1.54, 1.807) is 6.20 Å². The second-order valence-electron chi connectivity index (χ2n) is 3.65. The Morgan fingerprint density at radius 3 is 3.00 bits per heavy atom. The van der Waals surface area contributed by atoms with Gasteiger partial charge in [-0.1, -0.05) is 6.07 Å². The fourth-order valence-corrected chi connectivity index (χ4v) is 2.16. The lowest BCUT2D eigenvalue weighted by Gasteiger charge is -1.95. The fraction of sp³-hybridized carbons (Fsp3) is 0.273. The summed E-state index contributed by atoms with van der Waals surface area (Å²) in [5, 5.41) is 4.59. The Labute approximate surface area is 92.7 Å². The smallest absolute Gasteiger partial charge is 0.111 e. The molecule has 0 aliphatic carbocycles. The van der Waals surface area contributed by atoms with Crippen molar-refractivity contribution in [1.29, 1.82) is 0 Å². The Morgan fingerprint density at radius 2 is 2.27 bits per heavy atom. The van der Waals surface area contributed by atoms with E-state index < -0.39 is 0 Å². The number of hydrogen-bond donors (Lipinski definition) is 0. The molecule has 3 nitrogen and oxygen atoms in total. The summed E-state index contributed by atoms with van der Waals surface area (Å²) in [7, 11) is 0. The quantitative estimate of drug-likeness (QED) is 0.691. The summed E-state index contributed by atoms with van der Waals surface area (Å²) in [4.78, 5) is 4.27. The van der Waals surface area contributed by atoms with Crippen LogP contribution in [-0.2, 0) is 6.54 Å². The second-order valence-corrected chi connectivity index (χ2v) is 4.18. The van der Waals surface area contributed by atoms with Gasteiger partial charge < -0.3 is 0 Å². The minimum absolute atomic E-state index is 0.106. The molecule has 0 saturated carbocycles. The number of hydrogen-bond acceptors (Lipinski definition) is 2. The van der Waals surface area contributed by atoms with Gasteiger partial charge in [-0.2, -0.15) is 5.10 Å². The highest BCUT2D eigenvalue weighted by atomic mass is 35.5. The van der Waals surface area contributed by atoms with Gasteiger partial charge in [-0.3, -0.25) is 9.67 Å². The molecule has 0 fully saturated rings. The lowest BCUT2D eigenvalue weighted by atomic mass is 10.2. The molecule has 15 heavy (non-hydrogen) atoms. The Bertz CT molecular complexity index is 478. The molecule has 76 valence electrons. The summed E-state index contributed by atoms with van der Waals surface area (Å²) in [6.45, 7) is 0.913. The Morgan fingerprint density at radius 1 is 1.33 bits per heavy atom. The Kier molecular flexibility index (Phi) is 1.99. The maximum atomic E-state index is 6.16. The van der Waals surface area contributed by atoms with Crippen molar-refractivity contribution in [3.8, 4) is 11.4 Å². The summed E-state index contributed by atoms with van der Waals surface area (Å²) >= 11 is 6.16. The van der Waals surface area contributed by atoms with E-state index in [4.69, 9.17) is 11.6 Å². The van der Waals surface area contributed by atoms with Crippen molar-refractivity contribution < 1.29 is 0 Å². The average molecular weight is 220 g/mol. The zero-order chi connectivity index (χ0) is 10.3. The summed E-state index contributed by atoms with van der Waals surface area (Å²) in [6.07, 6.45) is 2.75. The van der Waals surface area contributed by atoms with Crippen molar-refractivity contribution in [2.24, 2.45) is 0 Å². The van der Waals surface area contributed by atoms with Crippen molar-refractivity contribution in [3.05, 3.63) is 36.2 Å². The van der Waals surface area contributed by atoms with Gasteiger partial charge >= 0.3 is 0 Å². The third-order valence-corrected chi connectivity index (χ3v) is 3.10. The van der Waals surface area contributed by atoms with Gasteiger partial charge in [-0.25, -0.2) is 0 Å². The SMILES string of the molecule is ClC1CCn2nc(-c3ccccn3)cc21. The molecule has 1 atom stereocenters. The van der Waals surface area contributed by atoms with E-state index >= 15 is 0 Å². The number of rotatable bonds is 1. The number of fused-ring (bicyclic) bond motifs is 1. The van der Waals surface area contributed by atoms with Crippen LogP contribution in [0.4, 0.5) is 0 Å². The molecule has 0 bridgehead atoms. The molecule has 1 aliphatic rings. The molecular formula is C11H10ClN3. The van der Waals surface area contributed by atoms with E-state index in [-0.39, 0.29) is 5.38 Å². The number of halogens is 1. The van der Waals surface area contributed by atoms with Crippen LogP contribution in [0, 0.1) is 0 Å². The number of pyridine rings is 1. The van der Waals surface area contributed by atoms with Crippen LogP contribution in [0.25, 0.3) is 11.4 Å². The molecule has 0 N–H and O–H groups in total. The molecule has 4 heteroatoms. The lowest BCUT2D eigenvalue weighted by molar-refractivity contribution is 0.657. The largest absolute Gasteiger partial charge is 0.267 e. The van der Waals surface area contributed by atoms with Gasteiger partial charge in [0.05, 0.1) is 16.8 Å². The predicted octanol–water partition coefficient (Wildman–Crippen LogP) is 2.63. The van der Waals surface area contributed by atoms with Crippen LogP contribution < -0.4 is 0 Å². The molecule has 1 unspecified atom stereocenters. The maximum Gasteiger partial charge on any atom is 0.111 e. The van der Waals surface area contributed by atoms with Gasteiger partial charge in [0, 0.05) is 12.7 Å². The van der Waals surface area contributed by atoms with E-state index in [9.17, 15) is 0 Å². The summed E-state index contributed by atoms with van der Waals surface area (Å²) in [6, 6.07) is 7.86. The van der Waals surface area contributed by atoms with Gasteiger partial charge in [0.2, 0.25) is 0 Å². The highest BCUT2D eigenvalue weighted by Gasteiger charge is 2.23.